The van der Waals surface area contributed by atoms with E-state index in [9.17, 15) is 9.59 Å². The van der Waals surface area contributed by atoms with Crippen molar-refractivity contribution >= 4 is 27.5 Å². The Labute approximate surface area is 148 Å². The van der Waals surface area contributed by atoms with Gasteiger partial charge in [-0.25, -0.2) is 9.78 Å². The van der Waals surface area contributed by atoms with Gasteiger partial charge in [-0.05, 0) is 24.1 Å². The third-order valence-electron chi connectivity index (χ3n) is 4.12. The van der Waals surface area contributed by atoms with Crippen molar-refractivity contribution in [2.45, 2.75) is 19.4 Å². The van der Waals surface area contributed by atoms with Crippen LogP contribution in [0.4, 0.5) is 0 Å². The van der Waals surface area contributed by atoms with Gasteiger partial charge >= 0.3 is 5.97 Å². The summed E-state index contributed by atoms with van der Waals surface area (Å²) in [5, 5.41) is 2.42. The summed E-state index contributed by atoms with van der Waals surface area (Å²) in [6.45, 7) is 1.83. The van der Waals surface area contributed by atoms with E-state index in [0.29, 0.717) is 16.6 Å². The van der Waals surface area contributed by atoms with Crippen molar-refractivity contribution < 1.29 is 14.3 Å². The lowest BCUT2D eigenvalue weighted by Gasteiger charge is -2.15. The maximum atomic E-state index is 13.0. The van der Waals surface area contributed by atoms with Crippen LogP contribution in [0.1, 0.15) is 19.4 Å². The fourth-order valence-electron chi connectivity index (χ4n) is 2.76. The summed E-state index contributed by atoms with van der Waals surface area (Å²) in [5.74, 6) is 0.294. The molecule has 0 fully saturated rings. The van der Waals surface area contributed by atoms with Gasteiger partial charge < -0.3 is 9.47 Å². The topological polar surface area (TPSA) is 70.4 Å². The molecule has 0 aliphatic rings. The molecule has 0 amide bonds. The van der Waals surface area contributed by atoms with Crippen molar-refractivity contribution in [2.24, 2.45) is 0 Å². The van der Waals surface area contributed by atoms with Crippen LogP contribution in [-0.4, -0.2) is 29.7 Å². The molecule has 0 unspecified atom stereocenters. The fourth-order valence-corrected chi connectivity index (χ4v) is 3.67. The number of thiophene rings is 1. The van der Waals surface area contributed by atoms with Gasteiger partial charge in [0.1, 0.15) is 16.6 Å². The minimum absolute atomic E-state index is 0.241. The van der Waals surface area contributed by atoms with Gasteiger partial charge in [0.2, 0.25) is 0 Å². The van der Waals surface area contributed by atoms with E-state index in [1.807, 2.05) is 36.6 Å². The van der Waals surface area contributed by atoms with Crippen molar-refractivity contribution in [2.75, 3.05) is 14.2 Å². The van der Waals surface area contributed by atoms with E-state index in [2.05, 4.69) is 4.98 Å². The molecule has 7 heteroatoms. The predicted octanol–water partition coefficient (Wildman–Crippen LogP) is 3.26. The number of hydrogen-bond donors (Lipinski definition) is 0. The van der Waals surface area contributed by atoms with Crippen LogP contribution in [0, 0.1) is 0 Å². The summed E-state index contributed by atoms with van der Waals surface area (Å²) in [7, 11) is 2.92. The first-order valence-corrected chi connectivity index (χ1v) is 8.69. The average molecular weight is 358 g/mol. The van der Waals surface area contributed by atoms with E-state index >= 15 is 0 Å². The van der Waals surface area contributed by atoms with Gasteiger partial charge in [0.25, 0.3) is 5.56 Å². The Morgan fingerprint density at radius 1 is 1.28 bits per heavy atom. The second-order valence-electron chi connectivity index (χ2n) is 5.46. The Morgan fingerprint density at radius 2 is 2.00 bits per heavy atom. The van der Waals surface area contributed by atoms with Gasteiger partial charge in [0.15, 0.2) is 0 Å². The number of carbonyl (C=O) groups is 1. The summed E-state index contributed by atoms with van der Waals surface area (Å²) in [4.78, 5) is 30.0. The predicted molar refractivity (Wildman–Crippen MR) is 97.2 cm³/mol. The normalized spacial score (nSPS) is 12.1. The Morgan fingerprint density at radius 3 is 2.60 bits per heavy atom. The molecule has 0 aliphatic carbocycles. The van der Waals surface area contributed by atoms with Gasteiger partial charge in [-0.2, -0.15) is 0 Å². The Hall–Kier alpha value is -2.67. The lowest BCUT2D eigenvalue weighted by molar-refractivity contribution is -0.144. The van der Waals surface area contributed by atoms with Gasteiger partial charge in [0, 0.05) is 10.9 Å². The van der Waals surface area contributed by atoms with E-state index in [1.54, 1.807) is 7.11 Å². The Bertz CT molecular complexity index is 959. The monoisotopic (exact) mass is 358 g/mol. The van der Waals surface area contributed by atoms with Gasteiger partial charge in [-0.15, -0.1) is 11.3 Å². The molecule has 0 N–H and O–H groups in total. The van der Waals surface area contributed by atoms with Crippen molar-refractivity contribution in [3.8, 4) is 16.9 Å². The Balaban J connectivity index is 2.17. The summed E-state index contributed by atoms with van der Waals surface area (Å²) in [6, 6.07) is 6.80. The first-order valence-electron chi connectivity index (χ1n) is 7.81. The SMILES string of the molecule is CC[C@H](C(=O)OC)n1cnc2scc(-c3ccc(OC)cc3)c2c1=O. The highest BCUT2D eigenvalue weighted by Gasteiger charge is 2.23. The average Bonchev–Trinajstić information content (AvgIpc) is 3.09. The number of hydrogen-bond acceptors (Lipinski definition) is 6. The van der Waals surface area contributed by atoms with Crippen LogP contribution in [-0.2, 0) is 9.53 Å². The second-order valence-corrected chi connectivity index (χ2v) is 6.32. The third-order valence-corrected chi connectivity index (χ3v) is 5.00. The number of aromatic nitrogens is 2. The fraction of sp³-hybridized carbons (Fsp3) is 0.278. The van der Waals surface area contributed by atoms with Crippen molar-refractivity contribution in [3.05, 3.63) is 46.3 Å². The lowest BCUT2D eigenvalue weighted by Crippen LogP contribution is -2.30. The molecule has 25 heavy (non-hydrogen) atoms. The summed E-state index contributed by atoms with van der Waals surface area (Å²) >= 11 is 1.40. The molecule has 1 aromatic carbocycles. The van der Waals surface area contributed by atoms with Crippen LogP contribution >= 0.6 is 11.3 Å². The van der Waals surface area contributed by atoms with E-state index < -0.39 is 12.0 Å². The minimum atomic E-state index is -0.682. The molecule has 6 nitrogen and oxygen atoms in total. The highest BCUT2D eigenvalue weighted by atomic mass is 32.1. The van der Waals surface area contributed by atoms with E-state index in [4.69, 9.17) is 9.47 Å². The molecule has 2 aromatic heterocycles. The van der Waals surface area contributed by atoms with E-state index in [0.717, 1.165) is 16.9 Å². The van der Waals surface area contributed by atoms with Crippen LogP contribution in [0.2, 0.25) is 0 Å². The maximum absolute atomic E-state index is 13.0. The molecule has 0 saturated heterocycles. The third kappa shape index (κ3) is 3.02. The summed E-state index contributed by atoms with van der Waals surface area (Å²) in [5.41, 5.74) is 1.46. The molecule has 3 rings (SSSR count). The van der Waals surface area contributed by atoms with Crippen LogP contribution in [0.15, 0.2) is 40.8 Å². The number of esters is 1. The highest BCUT2D eigenvalue weighted by Crippen LogP contribution is 2.32. The van der Waals surface area contributed by atoms with Crippen LogP contribution < -0.4 is 10.3 Å². The zero-order chi connectivity index (χ0) is 18.0. The smallest absolute Gasteiger partial charge is 0.329 e. The summed E-state index contributed by atoms with van der Waals surface area (Å²) in [6.07, 6.45) is 1.87. The van der Waals surface area contributed by atoms with Gasteiger partial charge in [-0.1, -0.05) is 19.1 Å². The standard InChI is InChI=1S/C18H18N2O4S/c1-4-14(18(22)24-3)20-10-19-16-15(17(20)21)13(9-25-16)11-5-7-12(23-2)8-6-11/h5-10,14H,4H2,1-3H3/t14-/m1/s1. The minimum Gasteiger partial charge on any atom is -0.497 e. The second kappa shape index (κ2) is 7.06. The largest absolute Gasteiger partial charge is 0.497 e. The molecular weight excluding hydrogens is 340 g/mol. The first kappa shape index (κ1) is 17.2. The molecule has 0 bridgehead atoms. The number of nitrogens with zero attached hydrogens (tertiary/aromatic N) is 2. The number of fused-ring (bicyclic) bond motifs is 1. The molecule has 2 heterocycles. The number of ether oxygens (including phenoxy) is 2. The molecular formula is C18H18N2O4S. The van der Waals surface area contributed by atoms with Crippen LogP contribution in [0.25, 0.3) is 21.3 Å². The maximum Gasteiger partial charge on any atom is 0.329 e. The molecule has 0 spiro atoms. The van der Waals surface area contributed by atoms with E-state index in [1.165, 1.54) is 29.3 Å². The van der Waals surface area contributed by atoms with Crippen molar-refractivity contribution in [1.29, 1.82) is 0 Å². The number of carbonyl (C=O) groups excluding carboxylic acids is 1. The first-order chi connectivity index (χ1) is 12.1. The van der Waals surface area contributed by atoms with Gasteiger partial charge in [0.05, 0.1) is 25.9 Å². The van der Waals surface area contributed by atoms with Crippen molar-refractivity contribution in [1.82, 2.24) is 9.55 Å². The molecule has 3 aromatic rings. The molecule has 1 atom stereocenters. The van der Waals surface area contributed by atoms with E-state index in [-0.39, 0.29) is 5.56 Å². The molecule has 0 aliphatic heterocycles. The lowest BCUT2D eigenvalue weighted by atomic mass is 10.1. The zero-order valence-electron chi connectivity index (χ0n) is 14.2. The summed E-state index contributed by atoms with van der Waals surface area (Å²) < 4.78 is 11.3. The Kier molecular flexibility index (Phi) is 4.85. The zero-order valence-corrected chi connectivity index (χ0v) is 15.0. The molecule has 0 saturated carbocycles. The molecule has 130 valence electrons. The number of rotatable bonds is 5. The highest BCUT2D eigenvalue weighted by molar-refractivity contribution is 7.17. The van der Waals surface area contributed by atoms with Crippen LogP contribution in [0.3, 0.4) is 0 Å². The van der Waals surface area contributed by atoms with Gasteiger partial charge in [-0.3, -0.25) is 9.36 Å². The number of methoxy groups -OCH3 is 2. The van der Waals surface area contributed by atoms with Crippen LogP contribution in [0.5, 0.6) is 5.75 Å². The quantitative estimate of drug-likeness (QED) is 0.655. The number of benzene rings is 1. The van der Waals surface area contributed by atoms with Crippen molar-refractivity contribution in [3.63, 3.8) is 0 Å². The molecule has 0 radical (unpaired) electrons.